The number of oxazole rings is 1. The summed E-state index contributed by atoms with van der Waals surface area (Å²) >= 11 is 0. The van der Waals surface area contributed by atoms with Gasteiger partial charge in [0.15, 0.2) is 5.58 Å². The molecule has 2 heterocycles. The third-order valence-corrected chi connectivity index (χ3v) is 7.10. The van der Waals surface area contributed by atoms with Crippen molar-refractivity contribution in [1.82, 2.24) is 8.87 Å². The van der Waals surface area contributed by atoms with E-state index in [9.17, 15) is 18.0 Å². The maximum atomic E-state index is 12.8. The smallest absolute Gasteiger partial charge is 0.408 e. The lowest BCUT2D eigenvalue weighted by atomic mass is 10.2. The molecule has 30 heavy (non-hydrogen) atoms. The average Bonchev–Trinajstić information content (AvgIpc) is 3.08. The Morgan fingerprint density at radius 3 is 2.60 bits per heavy atom. The molecule has 8 nitrogen and oxygen atoms in total. The molecule has 1 amide bonds. The minimum Gasteiger partial charge on any atom is -0.408 e. The zero-order valence-electron chi connectivity index (χ0n) is 16.4. The van der Waals surface area contributed by atoms with Crippen LogP contribution in [0.2, 0.25) is 0 Å². The second kappa shape index (κ2) is 8.45. The van der Waals surface area contributed by atoms with Gasteiger partial charge in [-0.05, 0) is 43.2 Å². The van der Waals surface area contributed by atoms with Gasteiger partial charge in [-0.1, -0.05) is 24.6 Å². The zero-order chi connectivity index (χ0) is 21.1. The molecule has 0 spiro atoms. The number of carbonyl (C=O) groups is 1. The van der Waals surface area contributed by atoms with Gasteiger partial charge in [0.25, 0.3) is 0 Å². The molecule has 2 aromatic carbocycles. The lowest BCUT2D eigenvalue weighted by molar-refractivity contribution is -0.116. The van der Waals surface area contributed by atoms with Crippen LogP contribution in [0, 0.1) is 0 Å². The number of sulfonamides is 1. The Balaban J connectivity index is 1.44. The Morgan fingerprint density at radius 2 is 1.80 bits per heavy atom. The van der Waals surface area contributed by atoms with Crippen molar-refractivity contribution in [2.75, 3.05) is 18.4 Å². The fourth-order valence-corrected chi connectivity index (χ4v) is 5.21. The largest absolute Gasteiger partial charge is 0.419 e. The van der Waals surface area contributed by atoms with Crippen molar-refractivity contribution >= 4 is 32.7 Å². The van der Waals surface area contributed by atoms with E-state index in [2.05, 4.69) is 5.32 Å². The molecule has 1 N–H and O–H groups in total. The molecule has 0 saturated carbocycles. The third-order valence-electron chi connectivity index (χ3n) is 5.21. The van der Waals surface area contributed by atoms with Crippen LogP contribution >= 0.6 is 0 Å². The van der Waals surface area contributed by atoms with Gasteiger partial charge in [0, 0.05) is 31.7 Å². The fourth-order valence-electron chi connectivity index (χ4n) is 3.65. The number of aromatic nitrogens is 1. The summed E-state index contributed by atoms with van der Waals surface area (Å²) in [6.07, 6.45) is 2.80. The number of benzene rings is 2. The van der Waals surface area contributed by atoms with Crippen LogP contribution in [-0.4, -0.2) is 36.3 Å². The first-order valence-electron chi connectivity index (χ1n) is 9.93. The van der Waals surface area contributed by atoms with Crippen LogP contribution in [0.4, 0.5) is 5.69 Å². The van der Waals surface area contributed by atoms with Crippen LogP contribution in [0.1, 0.15) is 25.7 Å². The normalized spacial score (nSPS) is 15.3. The van der Waals surface area contributed by atoms with Gasteiger partial charge >= 0.3 is 5.76 Å². The number of carbonyl (C=O) groups excluding carboxylic acids is 1. The third kappa shape index (κ3) is 4.17. The summed E-state index contributed by atoms with van der Waals surface area (Å²) in [4.78, 5) is 24.6. The molecule has 0 aliphatic carbocycles. The van der Waals surface area contributed by atoms with Crippen LogP contribution in [-0.2, 0) is 21.4 Å². The highest BCUT2D eigenvalue weighted by atomic mass is 32.2. The van der Waals surface area contributed by atoms with E-state index in [-0.39, 0.29) is 23.8 Å². The summed E-state index contributed by atoms with van der Waals surface area (Å²) in [6, 6.07) is 13.3. The van der Waals surface area contributed by atoms with Crippen molar-refractivity contribution in [3.05, 3.63) is 59.1 Å². The van der Waals surface area contributed by atoms with Gasteiger partial charge in [0.05, 0.1) is 10.4 Å². The van der Waals surface area contributed by atoms with Crippen LogP contribution in [0.15, 0.2) is 62.6 Å². The number of fused-ring (bicyclic) bond motifs is 1. The molecular formula is C21H23N3O5S. The minimum absolute atomic E-state index is 0.0482. The highest BCUT2D eigenvalue weighted by Gasteiger charge is 2.26. The minimum atomic E-state index is -3.57. The van der Waals surface area contributed by atoms with Gasteiger partial charge in [-0.15, -0.1) is 0 Å². The van der Waals surface area contributed by atoms with Gasteiger partial charge in [-0.25, -0.2) is 13.2 Å². The number of para-hydroxylation sites is 2. The molecule has 1 aromatic heterocycles. The summed E-state index contributed by atoms with van der Waals surface area (Å²) in [6.45, 7) is 1.20. The van der Waals surface area contributed by atoms with Gasteiger partial charge < -0.3 is 9.73 Å². The molecule has 1 aliphatic rings. The molecule has 1 aliphatic heterocycles. The van der Waals surface area contributed by atoms with Crippen LogP contribution in [0.5, 0.6) is 0 Å². The predicted molar refractivity (Wildman–Crippen MR) is 113 cm³/mol. The maximum absolute atomic E-state index is 12.8. The summed E-state index contributed by atoms with van der Waals surface area (Å²) in [7, 11) is -3.57. The molecule has 1 saturated heterocycles. The van der Waals surface area contributed by atoms with E-state index in [0.717, 1.165) is 19.3 Å². The van der Waals surface area contributed by atoms with Crippen LogP contribution in [0.3, 0.4) is 0 Å². The number of piperidine rings is 1. The van der Waals surface area contributed by atoms with E-state index in [1.54, 1.807) is 36.4 Å². The number of rotatable bonds is 6. The van der Waals surface area contributed by atoms with E-state index in [4.69, 9.17) is 4.42 Å². The number of hydrogen-bond acceptors (Lipinski definition) is 5. The standard InChI is InChI=1S/C21H23N3O5S/c25-20(11-14-24-18-9-2-3-10-19(18)29-21(24)26)22-16-7-6-8-17(15-16)30(27,28)23-12-4-1-5-13-23/h2-3,6-10,15H,1,4-5,11-14H2,(H,22,25). The fraction of sp³-hybridized carbons (Fsp3) is 0.333. The molecule has 158 valence electrons. The predicted octanol–water partition coefficient (Wildman–Crippen LogP) is 2.80. The average molecular weight is 429 g/mol. The molecule has 1 fully saturated rings. The molecule has 3 aromatic rings. The van der Waals surface area contributed by atoms with E-state index in [0.29, 0.717) is 29.9 Å². The number of amides is 1. The van der Waals surface area contributed by atoms with Crippen molar-refractivity contribution < 1.29 is 17.6 Å². The second-order valence-corrected chi connectivity index (χ2v) is 9.22. The highest BCUT2D eigenvalue weighted by molar-refractivity contribution is 7.89. The SMILES string of the molecule is O=C(CCn1c(=O)oc2ccccc21)Nc1cccc(S(=O)(=O)N2CCCCC2)c1. The van der Waals surface area contributed by atoms with Crippen LogP contribution in [0.25, 0.3) is 11.1 Å². The van der Waals surface area contributed by atoms with Gasteiger partial charge in [0.1, 0.15) is 0 Å². The van der Waals surface area contributed by atoms with E-state index < -0.39 is 15.8 Å². The first-order valence-corrected chi connectivity index (χ1v) is 11.4. The Kier molecular flexibility index (Phi) is 5.74. The molecular weight excluding hydrogens is 406 g/mol. The Hall–Kier alpha value is -2.91. The summed E-state index contributed by atoms with van der Waals surface area (Å²) < 4.78 is 33.7. The van der Waals surface area contributed by atoms with Crippen LogP contribution < -0.4 is 11.1 Å². The topological polar surface area (TPSA) is 102 Å². The first kappa shape index (κ1) is 20.4. The van der Waals surface area contributed by atoms with E-state index in [1.807, 2.05) is 0 Å². The first-order chi connectivity index (χ1) is 14.4. The van der Waals surface area contributed by atoms with Gasteiger partial charge in [-0.2, -0.15) is 4.31 Å². The Bertz CT molecular complexity index is 1220. The number of nitrogens with zero attached hydrogens (tertiary/aromatic N) is 2. The quantitative estimate of drug-likeness (QED) is 0.649. The van der Waals surface area contributed by atoms with Crippen molar-refractivity contribution in [3.63, 3.8) is 0 Å². The van der Waals surface area contributed by atoms with Gasteiger partial charge in [0.2, 0.25) is 15.9 Å². The monoisotopic (exact) mass is 429 g/mol. The highest BCUT2D eigenvalue weighted by Crippen LogP contribution is 2.23. The number of aryl methyl sites for hydroxylation is 1. The lowest BCUT2D eigenvalue weighted by Crippen LogP contribution is -2.35. The molecule has 0 bridgehead atoms. The number of nitrogens with one attached hydrogen (secondary N) is 1. The van der Waals surface area contributed by atoms with Crippen molar-refractivity contribution in [1.29, 1.82) is 0 Å². The number of hydrogen-bond donors (Lipinski definition) is 1. The van der Waals surface area contributed by atoms with E-state index in [1.165, 1.54) is 21.0 Å². The number of anilines is 1. The summed E-state index contributed by atoms with van der Waals surface area (Å²) in [5, 5.41) is 2.72. The molecule has 0 atom stereocenters. The lowest BCUT2D eigenvalue weighted by Gasteiger charge is -2.26. The maximum Gasteiger partial charge on any atom is 0.419 e. The Labute approximate surface area is 174 Å². The summed E-state index contributed by atoms with van der Waals surface area (Å²) in [5.41, 5.74) is 1.51. The van der Waals surface area contributed by atoms with Crippen molar-refractivity contribution in [3.8, 4) is 0 Å². The Morgan fingerprint density at radius 1 is 1.03 bits per heavy atom. The molecule has 4 rings (SSSR count). The molecule has 0 unspecified atom stereocenters. The van der Waals surface area contributed by atoms with Gasteiger partial charge in [-0.3, -0.25) is 9.36 Å². The van der Waals surface area contributed by atoms with Crippen molar-refractivity contribution in [2.45, 2.75) is 37.1 Å². The zero-order valence-corrected chi connectivity index (χ0v) is 17.2. The molecule has 0 radical (unpaired) electrons. The summed E-state index contributed by atoms with van der Waals surface area (Å²) in [5.74, 6) is -0.835. The molecule has 9 heteroatoms. The van der Waals surface area contributed by atoms with E-state index >= 15 is 0 Å². The second-order valence-electron chi connectivity index (χ2n) is 7.28. The van der Waals surface area contributed by atoms with Crippen molar-refractivity contribution in [2.24, 2.45) is 0 Å².